The van der Waals surface area contributed by atoms with Crippen LogP contribution in [0.5, 0.6) is 0 Å². The van der Waals surface area contributed by atoms with Gasteiger partial charge >= 0.3 is 0 Å². The van der Waals surface area contributed by atoms with Crippen molar-refractivity contribution in [3.8, 4) is 16.8 Å². The molecule has 2 nitrogen and oxygen atoms in total. The summed E-state index contributed by atoms with van der Waals surface area (Å²) in [6.07, 6.45) is 0.930. The van der Waals surface area contributed by atoms with Gasteiger partial charge in [0.05, 0.1) is 11.2 Å². The van der Waals surface area contributed by atoms with E-state index in [0.29, 0.717) is 0 Å². The predicted octanol–water partition coefficient (Wildman–Crippen LogP) is 18.1. The number of nitrogens with one attached hydrogen (secondary N) is 1. The Morgan fingerprint density at radius 2 is 1.10 bits per heavy atom. The van der Waals surface area contributed by atoms with Crippen molar-refractivity contribution in [2.24, 2.45) is 0 Å². The van der Waals surface area contributed by atoms with E-state index in [1.807, 2.05) is 34.0 Å². The van der Waals surface area contributed by atoms with Crippen molar-refractivity contribution in [1.29, 1.82) is 0 Å². The summed E-state index contributed by atoms with van der Waals surface area (Å²) in [6.45, 7) is 13.8. The van der Waals surface area contributed by atoms with Crippen molar-refractivity contribution in [3.05, 3.63) is 210 Å². The van der Waals surface area contributed by atoms with Gasteiger partial charge in [-0.2, -0.15) is 0 Å². The maximum absolute atomic E-state index is 4.01. The lowest BCUT2D eigenvalue weighted by Gasteiger charge is -2.23. The van der Waals surface area contributed by atoms with E-state index in [4.69, 9.17) is 0 Å². The molecule has 0 unspecified atom stereocenters. The van der Waals surface area contributed by atoms with Crippen LogP contribution in [-0.4, -0.2) is 11.8 Å². The standard InChI is InChI=1S/C66H52BN2S3/c1-65(2,3)41-22-25-43(26-23-41)68-54-34-51-45-27-21-38(31-48(39-15-9-7-10-16-39)40-17-11-8-12-18-40)32-58(45)71-59(51)36-49(54)46-28-29-47-50-37-60-52(44-19-13-14-20-56(44)70-60)35-55(50)69-62(47)61(46)67-64-63(69)53-33-42(66(4,5)6)24-30-57(53)72-64/h7-30,32-37,48,68H,31H2,1-6H3. The molecule has 0 aliphatic carbocycles. The molecule has 13 aromatic rings. The monoisotopic (exact) mass is 979 g/mol. The highest BCUT2D eigenvalue weighted by Crippen LogP contribution is 2.47. The van der Waals surface area contributed by atoms with Crippen LogP contribution in [0.4, 0.5) is 11.4 Å². The third kappa shape index (κ3) is 7.09. The summed E-state index contributed by atoms with van der Waals surface area (Å²) in [7, 11) is 2.52. The average molecular weight is 980 g/mol. The average Bonchev–Trinajstić information content (AvgIpc) is 4.13. The molecule has 72 heavy (non-hydrogen) atoms. The number of benzene rings is 9. The van der Waals surface area contributed by atoms with Gasteiger partial charge in [-0.25, -0.2) is 0 Å². The van der Waals surface area contributed by atoms with Crippen molar-refractivity contribution >= 4 is 135 Å². The van der Waals surface area contributed by atoms with Gasteiger partial charge in [0.25, 0.3) is 0 Å². The number of hydrogen-bond acceptors (Lipinski definition) is 4. The molecule has 0 amide bonds. The van der Waals surface area contributed by atoms with E-state index < -0.39 is 0 Å². The van der Waals surface area contributed by atoms with Gasteiger partial charge in [0.2, 0.25) is 7.28 Å². The summed E-state index contributed by atoms with van der Waals surface area (Å²) in [5.41, 5.74) is 16.6. The van der Waals surface area contributed by atoms with Gasteiger partial charge in [-0.1, -0.05) is 163 Å². The van der Waals surface area contributed by atoms with Crippen molar-refractivity contribution in [2.75, 3.05) is 5.32 Å². The third-order valence-electron chi connectivity index (χ3n) is 15.4. The lowest BCUT2D eigenvalue weighted by Crippen LogP contribution is -2.35. The second-order valence-electron chi connectivity index (χ2n) is 22.0. The number of anilines is 2. The lowest BCUT2D eigenvalue weighted by molar-refractivity contribution is 0.590. The molecule has 9 aromatic carbocycles. The van der Waals surface area contributed by atoms with Crippen molar-refractivity contribution in [1.82, 2.24) is 4.57 Å². The molecule has 0 saturated heterocycles. The Hall–Kier alpha value is -6.96. The Kier molecular flexibility index (Phi) is 9.90. The highest BCUT2D eigenvalue weighted by molar-refractivity contribution is 7.29. The molecule has 0 atom stereocenters. The maximum Gasteiger partial charge on any atom is 0.211 e. The highest BCUT2D eigenvalue weighted by atomic mass is 32.1. The molecule has 1 aliphatic heterocycles. The van der Waals surface area contributed by atoms with Crippen LogP contribution in [0.25, 0.3) is 89.1 Å². The first-order valence-corrected chi connectivity index (χ1v) is 27.7. The summed E-state index contributed by atoms with van der Waals surface area (Å²) in [5.74, 6) is 0.266. The summed E-state index contributed by atoms with van der Waals surface area (Å²) in [4.78, 5) is 0. The topological polar surface area (TPSA) is 17.0 Å². The van der Waals surface area contributed by atoms with E-state index in [9.17, 15) is 0 Å². The normalized spacial score (nSPS) is 12.9. The fraction of sp³-hybridized carbons (Fsp3) is 0.152. The summed E-state index contributed by atoms with van der Waals surface area (Å²) in [5, 5.41) is 13.2. The van der Waals surface area contributed by atoms with Gasteiger partial charge in [0.1, 0.15) is 0 Å². The van der Waals surface area contributed by atoms with E-state index in [0.717, 1.165) is 17.8 Å². The quantitative estimate of drug-likeness (QED) is 0.158. The molecular formula is C66H52BN2S3. The Bertz CT molecular complexity index is 4270. The fourth-order valence-corrected chi connectivity index (χ4v) is 15.0. The molecule has 0 saturated carbocycles. The minimum Gasteiger partial charge on any atom is -0.355 e. The van der Waals surface area contributed by atoms with Crippen molar-refractivity contribution in [3.63, 3.8) is 0 Å². The van der Waals surface area contributed by atoms with Gasteiger partial charge in [-0.05, 0) is 122 Å². The minimum absolute atomic E-state index is 0.0261. The van der Waals surface area contributed by atoms with Crippen LogP contribution in [-0.2, 0) is 17.3 Å². The highest BCUT2D eigenvalue weighted by Gasteiger charge is 2.31. The van der Waals surface area contributed by atoms with E-state index in [1.54, 1.807) is 0 Å². The predicted molar refractivity (Wildman–Crippen MR) is 318 cm³/mol. The Morgan fingerprint density at radius 1 is 0.472 bits per heavy atom. The van der Waals surface area contributed by atoms with Crippen LogP contribution in [0.15, 0.2) is 182 Å². The number of rotatable bonds is 7. The zero-order chi connectivity index (χ0) is 48.6. The number of nitrogens with zero attached hydrogens (tertiary/aromatic N) is 1. The van der Waals surface area contributed by atoms with Crippen LogP contribution >= 0.6 is 34.0 Å². The van der Waals surface area contributed by atoms with Crippen LogP contribution in [0.3, 0.4) is 0 Å². The summed E-state index contributed by atoms with van der Waals surface area (Å²) >= 11 is 5.74. The number of fused-ring (bicyclic) bond motifs is 13. The molecule has 1 aliphatic rings. The minimum atomic E-state index is 0.0261. The van der Waals surface area contributed by atoms with Crippen LogP contribution in [0, 0.1) is 0 Å². The molecule has 0 fully saturated rings. The Labute approximate surface area is 433 Å². The molecule has 14 rings (SSSR count). The second-order valence-corrected chi connectivity index (χ2v) is 25.3. The zero-order valence-corrected chi connectivity index (χ0v) is 43.8. The van der Waals surface area contributed by atoms with Gasteiger partial charge in [-0.15, -0.1) is 34.0 Å². The van der Waals surface area contributed by atoms with Crippen molar-refractivity contribution < 1.29 is 0 Å². The Balaban J connectivity index is 0.990. The SMILES string of the molecule is CC(C)(C)c1ccc(Nc2cc3c(cc2-c2ccc4c5cc6sc7ccccc7c6cc5n5c4c2[B]c2sc4ccc(C(C)(C)C)cc4c2-5)sc2cc(CC(c4ccccc4)c4ccccc4)ccc23)cc1. The molecule has 0 spiro atoms. The molecule has 1 radical (unpaired) electrons. The van der Waals surface area contributed by atoms with E-state index in [-0.39, 0.29) is 16.7 Å². The zero-order valence-electron chi connectivity index (χ0n) is 41.4. The lowest BCUT2D eigenvalue weighted by atomic mass is 9.63. The van der Waals surface area contributed by atoms with Gasteiger partial charge in [0, 0.05) is 89.6 Å². The molecule has 1 N–H and O–H groups in total. The first-order chi connectivity index (χ1) is 34.9. The van der Waals surface area contributed by atoms with Gasteiger partial charge in [0.15, 0.2) is 0 Å². The van der Waals surface area contributed by atoms with E-state index in [2.05, 4.69) is 241 Å². The Morgan fingerprint density at radius 3 is 1.85 bits per heavy atom. The number of thiophene rings is 3. The van der Waals surface area contributed by atoms with E-state index >= 15 is 0 Å². The fourth-order valence-electron chi connectivity index (χ4n) is 11.6. The smallest absolute Gasteiger partial charge is 0.211 e. The maximum atomic E-state index is 4.01. The summed E-state index contributed by atoms with van der Waals surface area (Å²) in [6, 6.07) is 69.1. The van der Waals surface area contributed by atoms with Crippen LogP contribution in [0.2, 0.25) is 0 Å². The molecule has 4 aromatic heterocycles. The van der Waals surface area contributed by atoms with Gasteiger partial charge in [-0.3, -0.25) is 0 Å². The number of aromatic nitrogens is 1. The van der Waals surface area contributed by atoms with Gasteiger partial charge < -0.3 is 9.88 Å². The third-order valence-corrected chi connectivity index (χ3v) is 18.7. The van der Waals surface area contributed by atoms with Crippen molar-refractivity contribution in [2.45, 2.75) is 64.7 Å². The van der Waals surface area contributed by atoms with E-state index in [1.165, 1.54) is 127 Å². The largest absolute Gasteiger partial charge is 0.355 e. The molecular weight excluding hydrogens is 928 g/mol. The first kappa shape index (κ1) is 43.8. The molecule has 6 heteroatoms. The molecule has 347 valence electrons. The number of hydrogen-bond donors (Lipinski definition) is 1. The summed E-state index contributed by atoms with van der Waals surface area (Å²) < 4.78 is 10.5. The van der Waals surface area contributed by atoms with Crippen LogP contribution in [0.1, 0.15) is 75.3 Å². The first-order valence-electron chi connectivity index (χ1n) is 25.2. The molecule has 5 heterocycles. The van der Waals surface area contributed by atoms with Crippen LogP contribution < -0.4 is 15.6 Å². The molecule has 0 bridgehead atoms. The second kappa shape index (κ2) is 16.3.